The fourth-order valence-electron chi connectivity index (χ4n) is 1.42. The highest BCUT2D eigenvalue weighted by Gasteiger charge is 2.14. The van der Waals surface area contributed by atoms with Gasteiger partial charge in [0, 0.05) is 18.5 Å². The molecule has 14 heavy (non-hydrogen) atoms. The van der Waals surface area contributed by atoms with E-state index in [2.05, 4.69) is 11.6 Å². The Kier molecular flexibility index (Phi) is 7.20. The summed E-state index contributed by atoms with van der Waals surface area (Å²) in [6.45, 7) is 1.48. The summed E-state index contributed by atoms with van der Waals surface area (Å²) in [5.74, 6) is -0.132. The summed E-state index contributed by atoms with van der Waals surface area (Å²) < 4.78 is 5.05. The lowest BCUT2D eigenvalue weighted by molar-refractivity contribution is -0.147. The van der Waals surface area contributed by atoms with Gasteiger partial charge in [-0.2, -0.15) is 0 Å². The first-order chi connectivity index (χ1) is 6.52. The first kappa shape index (κ1) is 13.2. The molecule has 0 aromatic rings. The van der Waals surface area contributed by atoms with Gasteiger partial charge in [-0.3, -0.25) is 4.79 Å². The van der Waals surface area contributed by atoms with Gasteiger partial charge in [0.25, 0.3) is 0 Å². The second-order valence-corrected chi connectivity index (χ2v) is 3.45. The van der Waals surface area contributed by atoms with Gasteiger partial charge in [0.15, 0.2) is 0 Å². The standard InChI is InChI=1S/C8H14O2.CHClO2/c1-7(9)10-8-5-3-2-4-6-8;2-1(3)4/h8H,2-6H2,1H3;(H,3,4). The van der Waals surface area contributed by atoms with Gasteiger partial charge in [-0.15, -0.1) is 0 Å². The van der Waals surface area contributed by atoms with Gasteiger partial charge >= 0.3 is 11.4 Å². The lowest BCUT2D eigenvalue weighted by atomic mass is 9.98. The van der Waals surface area contributed by atoms with Gasteiger partial charge in [-0.1, -0.05) is 6.42 Å². The number of ether oxygens (including phenoxy) is 1. The molecule has 82 valence electrons. The van der Waals surface area contributed by atoms with E-state index >= 15 is 0 Å². The Bertz CT molecular complexity index is 183. The number of esters is 1. The minimum absolute atomic E-state index is 0.132. The van der Waals surface area contributed by atoms with Crippen molar-refractivity contribution in [1.29, 1.82) is 0 Å². The Balaban J connectivity index is 0.000000364. The van der Waals surface area contributed by atoms with E-state index in [1.165, 1.54) is 26.2 Å². The maximum absolute atomic E-state index is 10.5. The van der Waals surface area contributed by atoms with Crippen molar-refractivity contribution in [3.63, 3.8) is 0 Å². The van der Waals surface area contributed by atoms with E-state index in [1.54, 1.807) is 0 Å². The van der Waals surface area contributed by atoms with Crippen LogP contribution < -0.4 is 0 Å². The first-order valence-corrected chi connectivity index (χ1v) is 4.96. The van der Waals surface area contributed by atoms with Crippen LogP contribution in [-0.2, 0) is 9.53 Å². The molecule has 0 spiro atoms. The van der Waals surface area contributed by atoms with E-state index in [0.29, 0.717) is 0 Å². The lowest BCUT2D eigenvalue weighted by Crippen LogP contribution is -2.18. The van der Waals surface area contributed by atoms with E-state index in [-0.39, 0.29) is 12.1 Å². The molecular formula is C9H15ClO4. The summed E-state index contributed by atoms with van der Waals surface area (Å²) in [7, 11) is 0. The van der Waals surface area contributed by atoms with Crippen LogP contribution in [0.15, 0.2) is 0 Å². The number of carboxylic acid groups (broad SMARTS) is 1. The van der Waals surface area contributed by atoms with Gasteiger partial charge in [-0.05, 0) is 25.7 Å². The number of halogens is 1. The van der Waals surface area contributed by atoms with Crippen molar-refractivity contribution in [3.05, 3.63) is 0 Å². The quantitative estimate of drug-likeness (QED) is 0.547. The van der Waals surface area contributed by atoms with Crippen molar-refractivity contribution in [2.24, 2.45) is 0 Å². The van der Waals surface area contributed by atoms with Crippen LogP contribution in [0.5, 0.6) is 0 Å². The largest absolute Gasteiger partial charge is 0.469 e. The molecule has 0 aliphatic heterocycles. The Labute approximate surface area is 88.2 Å². The fraction of sp³-hybridized carbons (Fsp3) is 0.778. The molecule has 0 radical (unpaired) electrons. The zero-order chi connectivity index (χ0) is 11.0. The Morgan fingerprint density at radius 3 is 2.07 bits per heavy atom. The summed E-state index contributed by atoms with van der Waals surface area (Å²) >= 11 is 4.19. The average Bonchev–Trinajstić information content (AvgIpc) is 2.03. The zero-order valence-electron chi connectivity index (χ0n) is 8.16. The third-order valence-corrected chi connectivity index (χ3v) is 1.88. The molecule has 5 heteroatoms. The maximum Gasteiger partial charge on any atom is 0.401 e. The van der Waals surface area contributed by atoms with Crippen LogP contribution in [-0.4, -0.2) is 22.6 Å². The molecule has 0 amide bonds. The van der Waals surface area contributed by atoms with E-state index in [1.807, 2.05) is 0 Å². The minimum atomic E-state index is -1.36. The summed E-state index contributed by atoms with van der Waals surface area (Å²) in [4.78, 5) is 19.3. The van der Waals surface area contributed by atoms with Crippen LogP contribution in [0.3, 0.4) is 0 Å². The second kappa shape index (κ2) is 7.62. The van der Waals surface area contributed by atoms with Crippen LogP contribution in [0.2, 0.25) is 0 Å². The van der Waals surface area contributed by atoms with Crippen molar-refractivity contribution in [2.75, 3.05) is 0 Å². The SMILES string of the molecule is CC(=O)OC1CCCCC1.O=C(O)Cl. The van der Waals surface area contributed by atoms with E-state index in [9.17, 15) is 4.79 Å². The molecule has 0 atom stereocenters. The first-order valence-electron chi connectivity index (χ1n) is 4.58. The molecule has 1 N–H and O–H groups in total. The number of carbonyl (C=O) groups excluding carboxylic acids is 1. The van der Waals surface area contributed by atoms with Crippen LogP contribution >= 0.6 is 11.6 Å². The molecule has 1 aliphatic rings. The Hall–Kier alpha value is -0.770. The number of hydrogen-bond donors (Lipinski definition) is 1. The van der Waals surface area contributed by atoms with E-state index < -0.39 is 5.43 Å². The second-order valence-electron chi connectivity index (χ2n) is 3.12. The molecule has 0 unspecified atom stereocenters. The number of rotatable bonds is 1. The average molecular weight is 223 g/mol. The molecular weight excluding hydrogens is 208 g/mol. The highest BCUT2D eigenvalue weighted by molar-refractivity contribution is 6.60. The summed E-state index contributed by atoms with van der Waals surface area (Å²) in [6.07, 6.45) is 6.11. The third-order valence-electron chi connectivity index (χ3n) is 1.88. The van der Waals surface area contributed by atoms with Gasteiger partial charge in [0.2, 0.25) is 0 Å². The summed E-state index contributed by atoms with van der Waals surface area (Å²) in [5, 5.41) is 7.18. The highest BCUT2D eigenvalue weighted by Crippen LogP contribution is 2.19. The maximum atomic E-state index is 10.5. The molecule has 1 rings (SSSR count). The van der Waals surface area contributed by atoms with Crippen LogP contribution in [0.1, 0.15) is 39.0 Å². The molecule has 0 aromatic heterocycles. The molecule has 1 aliphatic carbocycles. The normalized spacial score (nSPS) is 16.4. The van der Waals surface area contributed by atoms with Gasteiger partial charge < -0.3 is 9.84 Å². The fourth-order valence-corrected chi connectivity index (χ4v) is 1.42. The van der Waals surface area contributed by atoms with E-state index in [4.69, 9.17) is 14.6 Å². The van der Waals surface area contributed by atoms with Crippen molar-refractivity contribution >= 4 is 23.0 Å². The number of carbonyl (C=O) groups is 2. The van der Waals surface area contributed by atoms with Crippen LogP contribution in [0.25, 0.3) is 0 Å². The van der Waals surface area contributed by atoms with Crippen LogP contribution in [0, 0.1) is 0 Å². The molecule has 0 aromatic carbocycles. The van der Waals surface area contributed by atoms with Crippen molar-refractivity contribution in [3.8, 4) is 0 Å². The summed E-state index contributed by atoms with van der Waals surface area (Å²) in [6, 6.07) is 0. The molecule has 0 heterocycles. The highest BCUT2D eigenvalue weighted by atomic mass is 35.5. The summed E-state index contributed by atoms with van der Waals surface area (Å²) in [5.41, 5.74) is -1.36. The smallest absolute Gasteiger partial charge is 0.401 e. The topological polar surface area (TPSA) is 63.6 Å². The van der Waals surface area contributed by atoms with E-state index in [0.717, 1.165) is 12.8 Å². The molecule has 1 saturated carbocycles. The van der Waals surface area contributed by atoms with Crippen molar-refractivity contribution in [1.82, 2.24) is 0 Å². The van der Waals surface area contributed by atoms with Gasteiger partial charge in [0.05, 0.1) is 0 Å². The molecule has 4 nitrogen and oxygen atoms in total. The van der Waals surface area contributed by atoms with Crippen LogP contribution in [0.4, 0.5) is 4.79 Å². The monoisotopic (exact) mass is 222 g/mol. The predicted molar refractivity (Wildman–Crippen MR) is 52.5 cm³/mol. The van der Waals surface area contributed by atoms with Crippen molar-refractivity contribution in [2.45, 2.75) is 45.1 Å². The number of hydrogen-bond acceptors (Lipinski definition) is 3. The lowest BCUT2D eigenvalue weighted by Gasteiger charge is -2.20. The Morgan fingerprint density at radius 1 is 1.29 bits per heavy atom. The molecule has 0 saturated heterocycles. The minimum Gasteiger partial charge on any atom is -0.469 e. The zero-order valence-corrected chi connectivity index (χ0v) is 8.92. The molecule has 0 bridgehead atoms. The van der Waals surface area contributed by atoms with Gasteiger partial charge in [-0.25, -0.2) is 4.79 Å². The van der Waals surface area contributed by atoms with Gasteiger partial charge in [0.1, 0.15) is 6.10 Å². The third kappa shape index (κ3) is 9.32. The Morgan fingerprint density at radius 2 is 1.71 bits per heavy atom. The molecule has 1 fully saturated rings. The predicted octanol–water partition coefficient (Wildman–Crippen LogP) is 2.79. The van der Waals surface area contributed by atoms with Crippen molar-refractivity contribution < 1.29 is 19.4 Å².